The van der Waals surface area contributed by atoms with E-state index in [-0.39, 0.29) is 0 Å². The van der Waals surface area contributed by atoms with Crippen LogP contribution in [0.15, 0.2) is 36.9 Å². The summed E-state index contributed by atoms with van der Waals surface area (Å²) in [4.78, 5) is 11.0. The minimum atomic E-state index is 0.542. The van der Waals surface area contributed by atoms with E-state index in [9.17, 15) is 0 Å². The van der Waals surface area contributed by atoms with Gasteiger partial charge in [-0.3, -0.25) is 4.68 Å². The molecule has 112 valence electrons. The van der Waals surface area contributed by atoms with Crippen LogP contribution < -0.4 is 4.90 Å². The Kier molecular flexibility index (Phi) is 3.39. The van der Waals surface area contributed by atoms with Crippen LogP contribution in [-0.2, 0) is 6.54 Å². The zero-order chi connectivity index (χ0) is 15.1. The fourth-order valence-electron chi connectivity index (χ4n) is 2.83. The summed E-state index contributed by atoms with van der Waals surface area (Å²) in [6.07, 6.45) is 5.12. The first kappa shape index (κ1) is 13.8. The second-order valence-electron chi connectivity index (χ2n) is 5.51. The summed E-state index contributed by atoms with van der Waals surface area (Å²) in [6.45, 7) is 2.75. The molecule has 3 aromatic rings. The lowest BCUT2D eigenvalue weighted by molar-refractivity contribution is 0.341. The number of hydrogen-bond donors (Lipinski definition) is 0. The number of fused-ring (bicyclic) bond motifs is 1. The Hall–Kier alpha value is -1.85. The van der Waals surface area contributed by atoms with Crippen molar-refractivity contribution in [3.8, 4) is 0 Å². The van der Waals surface area contributed by atoms with Gasteiger partial charge in [0.25, 0.3) is 0 Å². The zero-order valence-electron chi connectivity index (χ0n) is 11.7. The summed E-state index contributed by atoms with van der Waals surface area (Å²) in [7, 11) is 0. The van der Waals surface area contributed by atoms with Crippen molar-refractivity contribution in [2.75, 3.05) is 18.0 Å². The Morgan fingerprint density at radius 1 is 1.14 bits per heavy atom. The molecule has 0 amide bonds. The predicted molar refractivity (Wildman–Crippen MR) is 87.5 cm³/mol. The molecule has 0 unspecified atom stereocenters. The lowest BCUT2D eigenvalue weighted by atomic mass is 9.99. The van der Waals surface area contributed by atoms with E-state index < -0.39 is 0 Å². The maximum Gasteiger partial charge on any atom is 0.139 e. The first-order chi connectivity index (χ1) is 10.7. The van der Waals surface area contributed by atoms with Gasteiger partial charge in [0, 0.05) is 42.2 Å². The van der Waals surface area contributed by atoms with Crippen LogP contribution >= 0.6 is 23.2 Å². The Bertz CT molecular complexity index is 826. The molecule has 2 aromatic heterocycles. The molecule has 5 nitrogen and oxygen atoms in total. The summed E-state index contributed by atoms with van der Waals surface area (Å²) >= 11 is 12.0. The van der Waals surface area contributed by atoms with Crippen molar-refractivity contribution in [1.29, 1.82) is 0 Å². The number of nitrogens with zero attached hydrogens (tertiary/aromatic N) is 5. The maximum absolute atomic E-state index is 6.10. The Morgan fingerprint density at radius 2 is 2.00 bits per heavy atom. The molecule has 3 heterocycles. The molecule has 0 spiro atoms. The van der Waals surface area contributed by atoms with Gasteiger partial charge in [-0.15, -0.1) is 0 Å². The molecule has 1 aliphatic heterocycles. The van der Waals surface area contributed by atoms with E-state index in [1.807, 2.05) is 29.1 Å². The van der Waals surface area contributed by atoms with Crippen molar-refractivity contribution in [3.05, 3.63) is 47.0 Å². The smallest absolute Gasteiger partial charge is 0.139 e. The third-order valence-corrected chi connectivity index (χ3v) is 4.31. The molecule has 4 rings (SSSR count). The van der Waals surface area contributed by atoms with Crippen LogP contribution in [0.4, 0.5) is 5.82 Å². The fourth-order valence-corrected chi connectivity index (χ4v) is 3.16. The molecule has 1 aromatic carbocycles. The van der Waals surface area contributed by atoms with Gasteiger partial charge in [0.15, 0.2) is 0 Å². The molecule has 1 saturated heterocycles. The maximum atomic E-state index is 6.10. The predicted octanol–water partition coefficient (Wildman–Crippen LogP) is 3.27. The topological polar surface area (TPSA) is 46.8 Å². The van der Waals surface area contributed by atoms with Gasteiger partial charge in [-0.05, 0) is 18.2 Å². The first-order valence-corrected chi connectivity index (χ1v) is 7.78. The molecule has 22 heavy (non-hydrogen) atoms. The van der Waals surface area contributed by atoms with Crippen molar-refractivity contribution < 1.29 is 0 Å². The highest BCUT2D eigenvalue weighted by atomic mass is 35.5. The van der Waals surface area contributed by atoms with E-state index in [0.717, 1.165) is 36.4 Å². The molecule has 0 radical (unpaired) electrons. The van der Waals surface area contributed by atoms with Crippen molar-refractivity contribution >= 4 is 39.9 Å². The van der Waals surface area contributed by atoms with E-state index >= 15 is 0 Å². The number of rotatable bonds is 3. The number of aromatic nitrogens is 4. The highest BCUT2D eigenvalue weighted by Gasteiger charge is 2.29. The number of hydrogen-bond acceptors (Lipinski definition) is 4. The van der Waals surface area contributed by atoms with Crippen LogP contribution in [0, 0.1) is 5.92 Å². The second-order valence-corrected chi connectivity index (χ2v) is 6.38. The highest BCUT2D eigenvalue weighted by molar-refractivity contribution is 6.31. The van der Waals surface area contributed by atoms with E-state index in [4.69, 9.17) is 23.2 Å². The summed E-state index contributed by atoms with van der Waals surface area (Å²) in [5, 5.41) is 6.59. The van der Waals surface area contributed by atoms with Gasteiger partial charge < -0.3 is 4.90 Å². The zero-order valence-corrected chi connectivity index (χ0v) is 13.2. The van der Waals surface area contributed by atoms with Gasteiger partial charge >= 0.3 is 0 Å². The number of benzene rings is 1. The van der Waals surface area contributed by atoms with Crippen molar-refractivity contribution in [1.82, 2.24) is 19.7 Å². The van der Waals surface area contributed by atoms with Crippen molar-refractivity contribution in [2.24, 2.45) is 5.92 Å². The molecular weight excluding hydrogens is 321 g/mol. The Morgan fingerprint density at radius 3 is 2.77 bits per heavy atom. The average molecular weight is 334 g/mol. The summed E-state index contributed by atoms with van der Waals surface area (Å²) in [5.74, 6) is 1.49. The van der Waals surface area contributed by atoms with Gasteiger partial charge in [-0.1, -0.05) is 23.2 Å². The van der Waals surface area contributed by atoms with E-state index in [0.29, 0.717) is 16.0 Å². The number of anilines is 1. The van der Waals surface area contributed by atoms with Crippen molar-refractivity contribution in [2.45, 2.75) is 6.54 Å². The van der Waals surface area contributed by atoms with Gasteiger partial charge in [-0.2, -0.15) is 5.10 Å². The fraction of sp³-hybridized carbons (Fsp3) is 0.267. The molecule has 1 aliphatic rings. The largest absolute Gasteiger partial charge is 0.355 e. The first-order valence-electron chi connectivity index (χ1n) is 7.02. The molecule has 0 aliphatic carbocycles. The van der Waals surface area contributed by atoms with Crippen LogP contribution in [0.1, 0.15) is 0 Å². The van der Waals surface area contributed by atoms with Crippen LogP contribution in [-0.4, -0.2) is 32.8 Å². The molecule has 0 bridgehead atoms. The second kappa shape index (κ2) is 5.41. The third kappa shape index (κ3) is 2.51. The highest BCUT2D eigenvalue weighted by Crippen LogP contribution is 2.31. The molecule has 0 atom stereocenters. The van der Waals surface area contributed by atoms with Gasteiger partial charge in [0.1, 0.15) is 12.1 Å². The molecule has 7 heteroatoms. The van der Waals surface area contributed by atoms with Crippen LogP contribution in [0.5, 0.6) is 0 Å². The van der Waals surface area contributed by atoms with E-state index in [1.54, 1.807) is 12.5 Å². The van der Waals surface area contributed by atoms with Gasteiger partial charge in [0.05, 0.1) is 16.7 Å². The monoisotopic (exact) mass is 333 g/mol. The summed E-state index contributed by atoms with van der Waals surface area (Å²) < 4.78 is 1.89. The number of halogens is 2. The quantitative estimate of drug-likeness (QED) is 0.738. The van der Waals surface area contributed by atoms with Crippen LogP contribution in [0.2, 0.25) is 10.0 Å². The van der Waals surface area contributed by atoms with E-state index in [2.05, 4.69) is 20.0 Å². The average Bonchev–Trinajstić information content (AvgIpc) is 2.87. The Balaban J connectivity index is 1.52. The molecular formula is C15H13Cl2N5. The molecule has 0 saturated carbocycles. The molecule has 0 N–H and O–H groups in total. The SMILES string of the molecule is Clc1ccc2ncnc(N3CC(Cn4cc(Cl)cn4)C3)c2c1. The van der Waals surface area contributed by atoms with Crippen LogP contribution in [0.3, 0.4) is 0 Å². The van der Waals surface area contributed by atoms with E-state index in [1.165, 1.54) is 0 Å². The van der Waals surface area contributed by atoms with Crippen molar-refractivity contribution in [3.63, 3.8) is 0 Å². The third-order valence-electron chi connectivity index (χ3n) is 3.88. The summed E-state index contributed by atoms with van der Waals surface area (Å²) in [6, 6.07) is 5.69. The van der Waals surface area contributed by atoms with Crippen LogP contribution in [0.25, 0.3) is 10.9 Å². The summed E-state index contributed by atoms with van der Waals surface area (Å²) in [5.41, 5.74) is 0.914. The normalized spacial score (nSPS) is 15.3. The lowest BCUT2D eigenvalue weighted by Gasteiger charge is -2.40. The molecule has 1 fully saturated rings. The van der Waals surface area contributed by atoms with Gasteiger partial charge in [-0.25, -0.2) is 9.97 Å². The minimum Gasteiger partial charge on any atom is -0.355 e. The lowest BCUT2D eigenvalue weighted by Crippen LogP contribution is -2.49. The minimum absolute atomic E-state index is 0.542. The standard InChI is InChI=1S/C15H13Cl2N5/c16-11-1-2-14-13(3-11)15(19-9-18-14)21-5-10(6-21)7-22-8-12(17)4-20-22/h1-4,8-10H,5-7H2. The van der Waals surface area contributed by atoms with Gasteiger partial charge in [0.2, 0.25) is 0 Å². The Labute approximate surface area is 137 Å².